The number of methoxy groups -OCH3 is 1. The first kappa shape index (κ1) is 14.0. The number of hydrazine groups is 1. The molecule has 0 aliphatic heterocycles. The van der Waals surface area contributed by atoms with Crippen molar-refractivity contribution in [2.24, 2.45) is 5.92 Å². The molecule has 0 saturated heterocycles. The predicted molar refractivity (Wildman–Crippen MR) is 73.0 cm³/mol. The van der Waals surface area contributed by atoms with E-state index in [2.05, 4.69) is 22.5 Å². The minimum absolute atomic E-state index is 0.0707. The van der Waals surface area contributed by atoms with Crippen molar-refractivity contribution in [1.82, 2.24) is 10.9 Å². The van der Waals surface area contributed by atoms with E-state index in [9.17, 15) is 9.59 Å². The maximum atomic E-state index is 11.9. The lowest BCUT2D eigenvalue weighted by Crippen LogP contribution is -2.42. The van der Waals surface area contributed by atoms with E-state index in [1.165, 1.54) is 35.3 Å². The largest absolute Gasteiger partial charge is 0.375 e. The van der Waals surface area contributed by atoms with E-state index in [0.717, 1.165) is 12.8 Å². The van der Waals surface area contributed by atoms with Crippen LogP contribution in [0.3, 0.4) is 0 Å². The van der Waals surface area contributed by atoms with Crippen molar-refractivity contribution in [2.45, 2.75) is 26.2 Å². The van der Waals surface area contributed by atoms with Crippen LogP contribution in [0.1, 0.15) is 33.5 Å². The average Bonchev–Trinajstić information content (AvgIpc) is 2.79. The van der Waals surface area contributed by atoms with E-state index in [1.54, 1.807) is 0 Å². The zero-order valence-electron chi connectivity index (χ0n) is 11.1. The fraction of sp³-hybridized carbons (Fsp3) is 0.538. The highest BCUT2D eigenvalue weighted by Gasteiger charge is 2.20. The molecular formula is C13H18N2O3S. The number of carbonyl (C=O) groups is 2. The molecule has 0 aromatic carbocycles. The smallest absolute Gasteiger partial charge is 0.279 e. The summed E-state index contributed by atoms with van der Waals surface area (Å²) in [7, 11) is 1.43. The first-order valence-electron chi connectivity index (χ1n) is 6.30. The van der Waals surface area contributed by atoms with Gasteiger partial charge in [0.05, 0.1) is 4.88 Å². The van der Waals surface area contributed by atoms with Crippen LogP contribution >= 0.6 is 11.3 Å². The highest BCUT2D eigenvalue weighted by Crippen LogP contribution is 2.31. The van der Waals surface area contributed by atoms with E-state index in [0.29, 0.717) is 10.8 Å². The van der Waals surface area contributed by atoms with E-state index in [4.69, 9.17) is 0 Å². The molecule has 1 aliphatic rings. The van der Waals surface area contributed by atoms with E-state index in [1.807, 2.05) is 6.07 Å². The van der Waals surface area contributed by atoms with E-state index >= 15 is 0 Å². The maximum Gasteiger partial charge on any atom is 0.279 e. The standard InChI is InChI=1S/C13H18N2O3S/c1-8-3-4-10-9(5-8)6-11(19-10)13(17)15-14-12(16)7-18-2/h6,8H,3-5,7H2,1-2H3,(H,14,16)(H,15,17). The minimum atomic E-state index is -0.370. The number of ether oxygens (including phenoxy) is 1. The van der Waals surface area contributed by atoms with Gasteiger partial charge in [-0.2, -0.15) is 0 Å². The van der Waals surface area contributed by atoms with Crippen molar-refractivity contribution in [3.05, 3.63) is 21.4 Å². The minimum Gasteiger partial charge on any atom is -0.375 e. The first-order chi connectivity index (χ1) is 9.10. The van der Waals surface area contributed by atoms with E-state index in [-0.39, 0.29) is 18.4 Å². The Kier molecular flexibility index (Phi) is 4.55. The van der Waals surface area contributed by atoms with Crippen molar-refractivity contribution in [1.29, 1.82) is 0 Å². The van der Waals surface area contributed by atoms with Gasteiger partial charge in [0.25, 0.3) is 11.8 Å². The Morgan fingerprint density at radius 1 is 1.47 bits per heavy atom. The topological polar surface area (TPSA) is 67.4 Å². The molecule has 1 aromatic heterocycles. The quantitative estimate of drug-likeness (QED) is 0.821. The number of rotatable bonds is 3. The second kappa shape index (κ2) is 6.16. The van der Waals surface area contributed by atoms with Crippen LogP contribution in [0.2, 0.25) is 0 Å². The molecule has 0 bridgehead atoms. The first-order valence-corrected chi connectivity index (χ1v) is 7.11. The molecule has 0 radical (unpaired) electrons. The van der Waals surface area contributed by atoms with Gasteiger partial charge in [-0.25, -0.2) is 0 Å². The molecule has 2 amide bonds. The number of hydrogen-bond acceptors (Lipinski definition) is 4. The Labute approximate surface area is 116 Å². The molecule has 0 saturated carbocycles. The van der Waals surface area contributed by atoms with Crippen LogP contribution in [0.15, 0.2) is 6.07 Å². The lowest BCUT2D eigenvalue weighted by Gasteiger charge is -2.16. The summed E-state index contributed by atoms with van der Waals surface area (Å²) in [5, 5.41) is 0. The average molecular weight is 282 g/mol. The fourth-order valence-electron chi connectivity index (χ4n) is 2.17. The van der Waals surface area contributed by atoms with Crippen LogP contribution in [0.4, 0.5) is 0 Å². The van der Waals surface area contributed by atoms with Gasteiger partial charge in [-0.15, -0.1) is 11.3 Å². The molecule has 1 heterocycles. The third kappa shape index (κ3) is 3.54. The van der Waals surface area contributed by atoms with Crippen LogP contribution < -0.4 is 10.9 Å². The Morgan fingerprint density at radius 2 is 2.26 bits per heavy atom. The van der Waals surface area contributed by atoms with Crippen LogP contribution in [0.25, 0.3) is 0 Å². The van der Waals surface area contributed by atoms with Gasteiger partial charge in [0, 0.05) is 12.0 Å². The monoisotopic (exact) mass is 282 g/mol. The van der Waals surface area contributed by atoms with Gasteiger partial charge < -0.3 is 4.74 Å². The lowest BCUT2D eigenvalue weighted by molar-refractivity contribution is -0.125. The zero-order chi connectivity index (χ0) is 13.8. The van der Waals surface area contributed by atoms with Crippen molar-refractivity contribution in [3.63, 3.8) is 0 Å². The predicted octanol–water partition coefficient (Wildman–Crippen LogP) is 1.28. The normalized spacial score (nSPS) is 17.7. The summed E-state index contributed by atoms with van der Waals surface area (Å²) < 4.78 is 4.66. The van der Waals surface area contributed by atoms with Gasteiger partial charge in [0.15, 0.2) is 0 Å². The number of fused-ring (bicyclic) bond motifs is 1. The number of carbonyl (C=O) groups excluding carboxylic acids is 2. The molecule has 2 N–H and O–H groups in total. The van der Waals surface area contributed by atoms with Crippen LogP contribution in [0.5, 0.6) is 0 Å². The molecule has 0 fully saturated rings. The highest BCUT2D eigenvalue weighted by atomic mass is 32.1. The van der Waals surface area contributed by atoms with Crippen molar-refractivity contribution >= 4 is 23.2 Å². The lowest BCUT2D eigenvalue weighted by atomic mass is 9.90. The zero-order valence-corrected chi connectivity index (χ0v) is 11.9. The number of hydrogen-bond donors (Lipinski definition) is 2. The summed E-state index contributed by atoms with van der Waals surface area (Å²) in [6.45, 7) is 2.16. The summed E-state index contributed by atoms with van der Waals surface area (Å²) in [5.41, 5.74) is 5.99. The fourth-order valence-corrected chi connectivity index (χ4v) is 3.28. The molecule has 1 aromatic rings. The number of aryl methyl sites for hydroxylation is 1. The van der Waals surface area contributed by atoms with Gasteiger partial charge in [-0.1, -0.05) is 6.92 Å². The van der Waals surface area contributed by atoms with Crippen molar-refractivity contribution in [2.75, 3.05) is 13.7 Å². The van der Waals surface area contributed by atoms with Gasteiger partial charge in [0.2, 0.25) is 0 Å². The summed E-state index contributed by atoms with van der Waals surface area (Å²) in [6.07, 6.45) is 3.26. The SMILES string of the molecule is COCC(=O)NNC(=O)c1cc2c(s1)CCC(C)C2. The molecule has 1 aliphatic carbocycles. The number of thiophene rings is 1. The summed E-state index contributed by atoms with van der Waals surface area (Å²) in [6, 6.07) is 1.94. The molecular weight excluding hydrogens is 264 g/mol. The molecule has 1 atom stereocenters. The van der Waals surface area contributed by atoms with E-state index < -0.39 is 0 Å². The Hall–Kier alpha value is -1.40. The highest BCUT2D eigenvalue weighted by molar-refractivity contribution is 7.14. The maximum absolute atomic E-state index is 11.9. The van der Waals surface area contributed by atoms with Gasteiger partial charge in [0.1, 0.15) is 6.61 Å². The molecule has 0 spiro atoms. The second-order valence-corrected chi connectivity index (χ2v) is 5.98. The van der Waals surface area contributed by atoms with Crippen molar-refractivity contribution in [3.8, 4) is 0 Å². The van der Waals surface area contributed by atoms with Crippen LogP contribution in [-0.4, -0.2) is 25.5 Å². The third-order valence-corrected chi connectivity index (χ3v) is 4.38. The van der Waals surface area contributed by atoms with Gasteiger partial charge >= 0.3 is 0 Å². The molecule has 104 valence electrons. The Morgan fingerprint density at radius 3 is 3.00 bits per heavy atom. The van der Waals surface area contributed by atoms with Gasteiger partial charge in [-0.3, -0.25) is 20.4 Å². The summed E-state index contributed by atoms with van der Waals surface area (Å²) in [5.74, 6) is 0.0433. The van der Waals surface area contributed by atoms with Crippen LogP contribution in [-0.2, 0) is 22.4 Å². The van der Waals surface area contributed by atoms with Crippen molar-refractivity contribution < 1.29 is 14.3 Å². The van der Waals surface area contributed by atoms with Gasteiger partial charge in [-0.05, 0) is 36.8 Å². The second-order valence-electron chi connectivity index (χ2n) is 4.84. The Bertz CT molecular complexity index is 484. The summed E-state index contributed by atoms with van der Waals surface area (Å²) in [4.78, 5) is 25.0. The Balaban J connectivity index is 1.95. The number of nitrogens with one attached hydrogen (secondary N) is 2. The molecule has 1 unspecified atom stereocenters. The third-order valence-electron chi connectivity index (χ3n) is 3.14. The number of amides is 2. The summed E-state index contributed by atoms with van der Waals surface area (Å²) >= 11 is 1.52. The molecule has 19 heavy (non-hydrogen) atoms. The molecule has 2 rings (SSSR count). The van der Waals surface area contributed by atoms with Crippen LogP contribution in [0, 0.1) is 5.92 Å². The molecule has 6 heteroatoms. The molecule has 5 nitrogen and oxygen atoms in total.